The molecule has 1 unspecified atom stereocenters. The first-order valence-corrected chi connectivity index (χ1v) is 7.66. The molecule has 0 amide bonds. The van der Waals surface area contributed by atoms with Gasteiger partial charge in [-0.05, 0) is 19.1 Å². The van der Waals surface area contributed by atoms with Crippen LogP contribution in [0.15, 0.2) is 41.7 Å². The minimum atomic E-state index is -2.65. The molecule has 2 aromatic rings. The van der Waals surface area contributed by atoms with E-state index in [-0.39, 0.29) is 48.2 Å². The number of hydrogen-bond donors (Lipinski definition) is 2. The second kappa shape index (κ2) is 10.9. The van der Waals surface area contributed by atoms with Crippen molar-refractivity contribution in [3.63, 3.8) is 0 Å². The topological polar surface area (TPSA) is 63.5 Å². The Morgan fingerprint density at radius 3 is 2.69 bits per heavy atom. The van der Waals surface area contributed by atoms with E-state index in [0.717, 1.165) is 4.57 Å². The maximum absolute atomic E-state index is 13.5. The third-order valence-corrected chi connectivity index (χ3v) is 3.32. The number of nitrogens with zero attached hydrogens (tertiary/aromatic N) is 3. The van der Waals surface area contributed by atoms with E-state index in [9.17, 15) is 13.2 Å². The second-order valence-electron chi connectivity index (χ2n) is 5.19. The molecule has 0 saturated heterocycles. The van der Waals surface area contributed by atoms with Crippen molar-refractivity contribution in [1.82, 2.24) is 20.2 Å². The molecule has 0 fully saturated rings. The first-order valence-electron chi connectivity index (χ1n) is 7.66. The molecule has 0 spiro atoms. The molecule has 0 saturated carbocycles. The zero-order valence-electron chi connectivity index (χ0n) is 14.3. The summed E-state index contributed by atoms with van der Waals surface area (Å²) in [6, 6.07) is 6.13. The molecular formula is C16H21F3IN5O. The average Bonchev–Trinajstić information content (AvgIpc) is 3.06. The second-order valence-corrected chi connectivity index (χ2v) is 5.19. The number of guanidine groups is 1. The molecule has 0 radical (unpaired) electrons. The lowest BCUT2D eigenvalue weighted by Crippen LogP contribution is -2.41. The summed E-state index contributed by atoms with van der Waals surface area (Å²) in [4.78, 5) is 7.87. The molecular weight excluding hydrogens is 462 g/mol. The van der Waals surface area contributed by atoms with Crippen LogP contribution in [0.3, 0.4) is 0 Å². The smallest absolute Gasteiger partial charge is 0.319 e. The lowest BCUT2D eigenvalue weighted by atomic mass is 10.3. The molecule has 0 aliphatic rings. The Balaban J connectivity index is 0.00000338. The SMILES string of the molecule is CN=C(NCc1nccn1C(F)F)NCC(C)Oc1ccccc1F.I. The van der Waals surface area contributed by atoms with Crippen molar-refractivity contribution in [2.45, 2.75) is 26.1 Å². The van der Waals surface area contributed by atoms with Gasteiger partial charge in [-0.3, -0.25) is 9.56 Å². The highest BCUT2D eigenvalue weighted by Crippen LogP contribution is 2.16. The van der Waals surface area contributed by atoms with Gasteiger partial charge in [-0.1, -0.05) is 12.1 Å². The molecule has 0 aliphatic heterocycles. The van der Waals surface area contributed by atoms with Gasteiger partial charge < -0.3 is 15.4 Å². The highest BCUT2D eigenvalue weighted by atomic mass is 127. The zero-order valence-corrected chi connectivity index (χ0v) is 16.7. The molecule has 10 heteroatoms. The van der Waals surface area contributed by atoms with Crippen LogP contribution in [0.25, 0.3) is 0 Å². The third-order valence-electron chi connectivity index (χ3n) is 3.32. The van der Waals surface area contributed by atoms with Gasteiger partial charge in [0.2, 0.25) is 0 Å². The van der Waals surface area contributed by atoms with Crippen molar-refractivity contribution >= 4 is 29.9 Å². The van der Waals surface area contributed by atoms with Crippen LogP contribution >= 0.6 is 24.0 Å². The van der Waals surface area contributed by atoms with E-state index in [4.69, 9.17) is 4.74 Å². The normalized spacial score (nSPS) is 12.5. The first-order chi connectivity index (χ1) is 12.0. The summed E-state index contributed by atoms with van der Waals surface area (Å²) in [6.07, 6.45) is 2.18. The fraction of sp³-hybridized carbons (Fsp3) is 0.375. The first kappa shape index (κ1) is 22.1. The summed E-state index contributed by atoms with van der Waals surface area (Å²) >= 11 is 0. The highest BCUT2D eigenvalue weighted by molar-refractivity contribution is 14.0. The van der Waals surface area contributed by atoms with Crippen LogP contribution in [0.4, 0.5) is 13.2 Å². The summed E-state index contributed by atoms with van der Waals surface area (Å²) < 4.78 is 45.3. The number of ether oxygens (including phenoxy) is 1. The van der Waals surface area contributed by atoms with Crippen LogP contribution in [0.2, 0.25) is 0 Å². The molecule has 1 atom stereocenters. The Morgan fingerprint density at radius 2 is 2.04 bits per heavy atom. The molecule has 26 heavy (non-hydrogen) atoms. The molecule has 1 aromatic heterocycles. The number of rotatable bonds is 7. The quantitative estimate of drug-likeness (QED) is 0.361. The van der Waals surface area contributed by atoms with E-state index in [2.05, 4.69) is 20.6 Å². The van der Waals surface area contributed by atoms with Crippen LogP contribution in [-0.4, -0.2) is 35.2 Å². The van der Waals surface area contributed by atoms with Crippen molar-refractivity contribution in [1.29, 1.82) is 0 Å². The molecule has 144 valence electrons. The van der Waals surface area contributed by atoms with Gasteiger partial charge in [-0.2, -0.15) is 8.78 Å². The molecule has 1 heterocycles. The Kier molecular flexibility index (Phi) is 9.24. The van der Waals surface area contributed by atoms with Crippen LogP contribution < -0.4 is 15.4 Å². The molecule has 1 aromatic carbocycles. The fourth-order valence-electron chi connectivity index (χ4n) is 2.08. The number of para-hydroxylation sites is 1. The summed E-state index contributed by atoms with van der Waals surface area (Å²) in [6.45, 7) is -0.448. The van der Waals surface area contributed by atoms with Crippen LogP contribution in [0.5, 0.6) is 5.75 Å². The summed E-state index contributed by atoms with van der Waals surface area (Å²) in [7, 11) is 1.55. The van der Waals surface area contributed by atoms with Gasteiger partial charge in [0.25, 0.3) is 0 Å². The lowest BCUT2D eigenvalue weighted by molar-refractivity contribution is 0.0668. The van der Waals surface area contributed by atoms with Gasteiger partial charge in [-0.15, -0.1) is 24.0 Å². The highest BCUT2D eigenvalue weighted by Gasteiger charge is 2.12. The van der Waals surface area contributed by atoms with E-state index in [1.807, 2.05) is 0 Å². The number of imidazole rings is 1. The van der Waals surface area contributed by atoms with E-state index in [1.165, 1.54) is 18.5 Å². The van der Waals surface area contributed by atoms with E-state index >= 15 is 0 Å². The number of nitrogens with one attached hydrogen (secondary N) is 2. The maximum atomic E-state index is 13.5. The van der Waals surface area contributed by atoms with Gasteiger partial charge in [0.1, 0.15) is 11.9 Å². The molecule has 2 N–H and O–H groups in total. The number of hydrogen-bond acceptors (Lipinski definition) is 3. The summed E-state index contributed by atoms with van der Waals surface area (Å²) in [5.41, 5.74) is 0. The van der Waals surface area contributed by atoms with Gasteiger partial charge in [0, 0.05) is 19.4 Å². The largest absolute Gasteiger partial charge is 0.486 e. The molecule has 2 rings (SSSR count). The van der Waals surface area contributed by atoms with Crippen LogP contribution in [0, 0.1) is 5.82 Å². The standard InChI is InChI=1S/C16H20F3N5O.HI/c1-11(25-13-6-4-3-5-12(13)17)9-22-16(20-2)23-10-14-21-7-8-24(14)15(18)19;/h3-8,11,15H,9-10H2,1-2H3,(H2,20,22,23);1H. The minimum Gasteiger partial charge on any atom is -0.486 e. The summed E-state index contributed by atoms with van der Waals surface area (Å²) in [5.74, 6) is 0.316. The van der Waals surface area contributed by atoms with Crippen molar-refractivity contribution in [2.75, 3.05) is 13.6 Å². The lowest BCUT2D eigenvalue weighted by Gasteiger charge is -2.18. The van der Waals surface area contributed by atoms with Crippen LogP contribution in [0.1, 0.15) is 19.3 Å². The minimum absolute atomic E-state index is 0. The monoisotopic (exact) mass is 483 g/mol. The van der Waals surface area contributed by atoms with Crippen molar-refractivity contribution in [3.05, 3.63) is 48.3 Å². The molecule has 0 aliphatic carbocycles. The van der Waals surface area contributed by atoms with Crippen molar-refractivity contribution in [3.8, 4) is 5.75 Å². The average molecular weight is 483 g/mol. The number of benzene rings is 1. The Labute approximate surface area is 166 Å². The molecule has 6 nitrogen and oxygen atoms in total. The summed E-state index contributed by atoms with van der Waals surface area (Å²) in [5, 5.41) is 5.88. The van der Waals surface area contributed by atoms with Gasteiger partial charge in [0.05, 0.1) is 13.1 Å². The van der Waals surface area contributed by atoms with E-state index in [0.29, 0.717) is 12.5 Å². The molecule has 0 bridgehead atoms. The Hall–Kier alpha value is -1.98. The van der Waals surface area contributed by atoms with E-state index in [1.54, 1.807) is 32.2 Å². The zero-order chi connectivity index (χ0) is 18.2. The predicted molar refractivity (Wildman–Crippen MR) is 104 cm³/mol. The number of alkyl halides is 2. The number of aliphatic imine (C=N–C) groups is 1. The van der Waals surface area contributed by atoms with Crippen molar-refractivity contribution < 1.29 is 17.9 Å². The fourth-order valence-corrected chi connectivity index (χ4v) is 2.08. The number of halogens is 4. The van der Waals surface area contributed by atoms with Crippen molar-refractivity contribution in [2.24, 2.45) is 4.99 Å². The Bertz CT molecular complexity index is 711. The predicted octanol–water partition coefficient (Wildman–Crippen LogP) is 3.17. The Morgan fingerprint density at radius 1 is 1.31 bits per heavy atom. The third kappa shape index (κ3) is 6.39. The van der Waals surface area contributed by atoms with E-state index < -0.39 is 12.4 Å². The van der Waals surface area contributed by atoms with Gasteiger partial charge in [-0.25, -0.2) is 9.37 Å². The van der Waals surface area contributed by atoms with Gasteiger partial charge in [0.15, 0.2) is 17.5 Å². The number of aromatic nitrogens is 2. The van der Waals surface area contributed by atoms with Gasteiger partial charge >= 0.3 is 6.55 Å². The van der Waals surface area contributed by atoms with Crippen LogP contribution in [-0.2, 0) is 6.54 Å². The maximum Gasteiger partial charge on any atom is 0.319 e.